The van der Waals surface area contributed by atoms with Crippen molar-refractivity contribution >= 4 is 21.6 Å². The summed E-state index contributed by atoms with van der Waals surface area (Å²) in [6.45, 7) is 7.38. The van der Waals surface area contributed by atoms with Gasteiger partial charge in [-0.2, -0.15) is 0 Å². The maximum absolute atomic E-state index is 13.0. The number of para-hydroxylation sites is 1. The van der Waals surface area contributed by atoms with Gasteiger partial charge in [0.25, 0.3) is 5.91 Å². The molecule has 1 aliphatic heterocycles. The lowest BCUT2D eigenvalue weighted by molar-refractivity contribution is 0.0981. The van der Waals surface area contributed by atoms with Crippen LogP contribution < -0.4 is 9.62 Å². The molecular formula is C20H24N2O3S. The zero-order valence-electron chi connectivity index (χ0n) is 15.5. The van der Waals surface area contributed by atoms with Crippen LogP contribution in [-0.2, 0) is 16.4 Å². The topological polar surface area (TPSA) is 66.5 Å². The number of rotatable bonds is 3. The molecule has 0 radical (unpaired) electrons. The van der Waals surface area contributed by atoms with Crippen molar-refractivity contribution in [3.05, 3.63) is 59.7 Å². The van der Waals surface area contributed by atoms with Crippen molar-refractivity contribution in [1.82, 2.24) is 4.72 Å². The second-order valence-electron chi connectivity index (χ2n) is 7.74. The molecule has 1 unspecified atom stereocenters. The van der Waals surface area contributed by atoms with Crippen molar-refractivity contribution in [1.29, 1.82) is 0 Å². The van der Waals surface area contributed by atoms with E-state index in [2.05, 4.69) is 4.72 Å². The third kappa shape index (κ3) is 3.66. The number of hydrogen-bond donors (Lipinski definition) is 1. The molecule has 0 aliphatic carbocycles. The van der Waals surface area contributed by atoms with Gasteiger partial charge in [0, 0.05) is 22.8 Å². The first-order valence-electron chi connectivity index (χ1n) is 8.64. The Kier molecular flexibility index (Phi) is 4.67. The van der Waals surface area contributed by atoms with Crippen LogP contribution in [0.15, 0.2) is 53.4 Å². The Morgan fingerprint density at radius 1 is 1.08 bits per heavy atom. The van der Waals surface area contributed by atoms with Crippen molar-refractivity contribution in [3.8, 4) is 0 Å². The third-order valence-corrected chi connectivity index (χ3v) is 6.05. The van der Waals surface area contributed by atoms with E-state index in [1.165, 1.54) is 12.1 Å². The molecule has 1 amide bonds. The molecule has 1 atom stereocenters. The summed E-state index contributed by atoms with van der Waals surface area (Å²) < 4.78 is 27.4. The fourth-order valence-electron chi connectivity index (χ4n) is 3.25. The van der Waals surface area contributed by atoms with E-state index in [0.717, 1.165) is 17.7 Å². The summed E-state index contributed by atoms with van der Waals surface area (Å²) in [7, 11) is -3.61. The van der Waals surface area contributed by atoms with Crippen LogP contribution in [0.5, 0.6) is 0 Å². The number of nitrogens with one attached hydrogen (secondary N) is 1. The number of carbonyl (C=O) groups excluding carboxylic acids is 1. The number of hydrogen-bond acceptors (Lipinski definition) is 3. The van der Waals surface area contributed by atoms with Gasteiger partial charge in [-0.15, -0.1) is 0 Å². The Labute approximate surface area is 155 Å². The summed E-state index contributed by atoms with van der Waals surface area (Å²) in [5.41, 5.74) is 1.99. The smallest absolute Gasteiger partial charge is 0.258 e. The van der Waals surface area contributed by atoms with Crippen LogP contribution in [0.3, 0.4) is 0 Å². The van der Waals surface area contributed by atoms with E-state index in [9.17, 15) is 13.2 Å². The fourth-order valence-corrected chi connectivity index (χ4v) is 4.67. The number of sulfonamides is 1. The summed E-state index contributed by atoms with van der Waals surface area (Å²) >= 11 is 0. The normalized spacial score (nSPS) is 17.2. The van der Waals surface area contributed by atoms with Crippen molar-refractivity contribution in [2.45, 2.75) is 50.6 Å². The highest BCUT2D eigenvalue weighted by Crippen LogP contribution is 2.33. The van der Waals surface area contributed by atoms with Gasteiger partial charge in [-0.3, -0.25) is 4.79 Å². The second-order valence-corrected chi connectivity index (χ2v) is 9.42. The van der Waals surface area contributed by atoms with E-state index in [1.807, 2.05) is 31.2 Å². The molecule has 5 nitrogen and oxygen atoms in total. The van der Waals surface area contributed by atoms with Gasteiger partial charge in [0.2, 0.25) is 10.0 Å². The number of amides is 1. The summed E-state index contributed by atoms with van der Waals surface area (Å²) in [6.07, 6.45) is 0.823. The molecule has 0 aromatic heterocycles. The molecule has 1 N–H and O–H groups in total. The number of benzene rings is 2. The van der Waals surface area contributed by atoms with E-state index in [0.29, 0.717) is 5.56 Å². The van der Waals surface area contributed by atoms with E-state index < -0.39 is 15.6 Å². The van der Waals surface area contributed by atoms with Gasteiger partial charge in [0.15, 0.2) is 0 Å². The zero-order valence-corrected chi connectivity index (χ0v) is 16.3. The highest BCUT2D eigenvalue weighted by atomic mass is 32.2. The minimum Gasteiger partial charge on any atom is -0.305 e. The van der Waals surface area contributed by atoms with Crippen molar-refractivity contribution in [2.24, 2.45) is 0 Å². The molecule has 1 aliphatic rings. The molecule has 2 aromatic carbocycles. The maximum Gasteiger partial charge on any atom is 0.258 e. The standard InChI is InChI=1S/C20H24N2O3S/c1-14-13-16-7-5-6-8-18(16)22(14)19(23)15-9-11-17(12-10-15)26(24,25)21-20(2,3)4/h5-12,14,21H,13H2,1-4H3. The first kappa shape index (κ1) is 18.6. The first-order chi connectivity index (χ1) is 12.1. The SMILES string of the molecule is CC1Cc2ccccc2N1C(=O)c1ccc(S(=O)(=O)NC(C)(C)C)cc1. The number of carbonyl (C=O) groups is 1. The van der Waals surface area contributed by atoms with Gasteiger partial charge in [-0.05, 0) is 70.0 Å². The number of nitrogens with zero attached hydrogens (tertiary/aromatic N) is 1. The van der Waals surface area contributed by atoms with Crippen molar-refractivity contribution in [3.63, 3.8) is 0 Å². The number of anilines is 1. The predicted molar refractivity (Wildman–Crippen MR) is 103 cm³/mol. The second kappa shape index (κ2) is 6.52. The molecule has 3 rings (SSSR count). The molecule has 2 aromatic rings. The molecule has 0 fully saturated rings. The Morgan fingerprint density at radius 3 is 2.31 bits per heavy atom. The third-order valence-electron chi connectivity index (χ3n) is 4.28. The lowest BCUT2D eigenvalue weighted by atomic mass is 10.1. The summed E-state index contributed by atoms with van der Waals surface area (Å²) in [6, 6.07) is 14.1. The molecule has 0 saturated carbocycles. The molecular weight excluding hydrogens is 348 g/mol. The Balaban J connectivity index is 1.87. The van der Waals surface area contributed by atoms with Crippen LogP contribution in [-0.4, -0.2) is 25.9 Å². The quantitative estimate of drug-likeness (QED) is 0.898. The summed E-state index contributed by atoms with van der Waals surface area (Å²) in [5, 5.41) is 0. The van der Waals surface area contributed by atoms with Crippen LogP contribution in [0.2, 0.25) is 0 Å². The Bertz CT molecular complexity index is 928. The van der Waals surface area contributed by atoms with Gasteiger partial charge < -0.3 is 4.90 Å². The highest BCUT2D eigenvalue weighted by Gasteiger charge is 2.31. The first-order valence-corrected chi connectivity index (χ1v) is 10.1. The van der Waals surface area contributed by atoms with Gasteiger partial charge in [0.1, 0.15) is 0 Å². The van der Waals surface area contributed by atoms with Crippen LogP contribution in [0, 0.1) is 0 Å². The molecule has 26 heavy (non-hydrogen) atoms. The van der Waals surface area contributed by atoms with Gasteiger partial charge >= 0.3 is 0 Å². The van der Waals surface area contributed by atoms with E-state index in [-0.39, 0.29) is 16.8 Å². The van der Waals surface area contributed by atoms with Gasteiger partial charge in [-0.1, -0.05) is 18.2 Å². The largest absolute Gasteiger partial charge is 0.305 e. The zero-order chi connectivity index (χ0) is 19.1. The molecule has 138 valence electrons. The number of fused-ring (bicyclic) bond motifs is 1. The Morgan fingerprint density at radius 2 is 1.69 bits per heavy atom. The lowest BCUT2D eigenvalue weighted by Crippen LogP contribution is -2.40. The maximum atomic E-state index is 13.0. The fraction of sp³-hybridized carbons (Fsp3) is 0.350. The molecule has 6 heteroatoms. The van der Waals surface area contributed by atoms with Crippen molar-refractivity contribution < 1.29 is 13.2 Å². The van der Waals surface area contributed by atoms with Crippen LogP contribution in [0.25, 0.3) is 0 Å². The average molecular weight is 372 g/mol. The molecule has 0 saturated heterocycles. The lowest BCUT2D eigenvalue weighted by Gasteiger charge is -2.23. The molecule has 0 spiro atoms. The van der Waals surface area contributed by atoms with E-state index in [4.69, 9.17) is 0 Å². The molecule has 1 heterocycles. The van der Waals surface area contributed by atoms with Gasteiger partial charge in [0.05, 0.1) is 4.90 Å². The van der Waals surface area contributed by atoms with Crippen LogP contribution >= 0.6 is 0 Å². The Hall–Kier alpha value is -2.18. The average Bonchev–Trinajstić information content (AvgIpc) is 2.88. The monoisotopic (exact) mass is 372 g/mol. The minimum atomic E-state index is -3.61. The van der Waals surface area contributed by atoms with E-state index in [1.54, 1.807) is 37.8 Å². The summed E-state index contributed by atoms with van der Waals surface area (Å²) in [4.78, 5) is 14.9. The van der Waals surface area contributed by atoms with Gasteiger partial charge in [-0.25, -0.2) is 13.1 Å². The van der Waals surface area contributed by atoms with E-state index >= 15 is 0 Å². The molecule has 0 bridgehead atoms. The van der Waals surface area contributed by atoms with Crippen LogP contribution in [0.1, 0.15) is 43.6 Å². The predicted octanol–water partition coefficient (Wildman–Crippen LogP) is 3.35. The van der Waals surface area contributed by atoms with Crippen molar-refractivity contribution in [2.75, 3.05) is 4.90 Å². The summed E-state index contributed by atoms with van der Waals surface area (Å²) in [5.74, 6) is -0.116. The highest BCUT2D eigenvalue weighted by molar-refractivity contribution is 7.89. The van der Waals surface area contributed by atoms with Crippen LogP contribution in [0.4, 0.5) is 5.69 Å². The minimum absolute atomic E-state index is 0.0749.